The Morgan fingerprint density at radius 1 is 1.09 bits per heavy atom. The van der Waals surface area contributed by atoms with Crippen molar-refractivity contribution in [2.24, 2.45) is 5.41 Å². The Morgan fingerprint density at radius 3 is 2.35 bits per heavy atom. The Morgan fingerprint density at radius 2 is 1.78 bits per heavy atom. The van der Waals surface area contributed by atoms with E-state index in [0.717, 1.165) is 12.0 Å². The Balaban J connectivity index is 1.89. The zero-order valence-corrected chi connectivity index (χ0v) is 15.7. The van der Waals surface area contributed by atoms with Crippen LogP contribution in [0.25, 0.3) is 0 Å². The van der Waals surface area contributed by atoms with Crippen molar-refractivity contribution in [1.29, 1.82) is 0 Å². The van der Waals surface area contributed by atoms with Gasteiger partial charge < -0.3 is 14.2 Å². The Bertz CT molecular complexity index is 600. The molecular weight excluding hydrogens is 335 g/mol. The Hall–Kier alpha value is -0.320. The number of hydrogen-bond acceptors (Lipinski definition) is 3. The molecule has 2 heterocycles. The second-order valence-electron chi connectivity index (χ2n) is 7.49. The maximum Gasteiger partial charge on any atom is 0.188 e. The van der Waals surface area contributed by atoms with Gasteiger partial charge in [-0.3, -0.25) is 0 Å². The van der Waals surface area contributed by atoms with Crippen LogP contribution < -0.4 is 0 Å². The highest BCUT2D eigenvalue weighted by Gasteiger charge is 2.60. The average Bonchev–Trinajstić information content (AvgIpc) is 2.88. The molecule has 0 bridgehead atoms. The molecule has 0 aliphatic carbocycles. The smallest absolute Gasteiger partial charge is 0.188 e. The van der Waals surface area contributed by atoms with Crippen LogP contribution in [0, 0.1) is 5.41 Å². The minimum atomic E-state index is -0.594. The van der Waals surface area contributed by atoms with E-state index in [2.05, 4.69) is 20.8 Å². The summed E-state index contributed by atoms with van der Waals surface area (Å²) in [5, 5.41) is 1.15. The third-order valence-corrected chi connectivity index (χ3v) is 5.72. The molecule has 0 aromatic heterocycles. The lowest BCUT2D eigenvalue weighted by molar-refractivity contribution is -0.219. The molecule has 5 heteroatoms. The van der Waals surface area contributed by atoms with Crippen LogP contribution in [-0.2, 0) is 14.2 Å². The monoisotopic (exact) mass is 358 g/mol. The highest BCUT2D eigenvalue weighted by atomic mass is 35.5. The minimum Gasteiger partial charge on any atom is -0.345 e. The molecule has 1 aromatic carbocycles. The summed E-state index contributed by atoms with van der Waals surface area (Å²) in [7, 11) is 0. The topological polar surface area (TPSA) is 27.7 Å². The Labute approximate surface area is 148 Å². The predicted octanol–water partition coefficient (Wildman–Crippen LogP) is 5.39. The van der Waals surface area contributed by atoms with Crippen molar-refractivity contribution in [2.45, 2.75) is 71.2 Å². The van der Waals surface area contributed by atoms with Gasteiger partial charge in [-0.25, -0.2) is 0 Å². The molecule has 0 amide bonds. The van der Waals surface area contributed by atoms with Gasteiger partial charge in [0.05, 0.1) is 16.1 Å². The van der Waals surface area contributed by atoms with E-state index in [0.29, 0.717) is 10.0 Å². The average molecular weight is 359 g/mol. The van der Waals surface area contributed by atoms with Gasteiger partial charge in [0.2, 0.25) is 0 Å². The van der Waals surface area contributed by atoms with E-state index in [9.17, 15) is 0 Å². The van der Waals surface area contributed by atoms with E-state index in [-0.39, 0.29) is 29.8 Å². The lowest BCUT2D eigenvalue weighted by Gasteiger charge is -2.36. The van der Waals surface area contributed by atoms with E-state index in [4.69, 9.17) is 37.4 Å². The standard InChI is InChI=1S/C18H24Cl2O3/c1-6-11(10-7-8-12(19)13(20)9-10)14-17(2,3)15-16(21-14)23-18(4,5)22-15/h7-9,11,14-16H,6H2,1-5H3/t11-,14-,15+,16-/m1/s1. The minimum absolute atomic E-state index is 0.00385. The van der Waals surface area contributed by atoms with Gasteiger partial charge >= 0.3 is 0 Å². The van der Waals surface area contributed by atoms with Gasteiger partial charge in [0.1, 0.15) is 6.10 Å². The van der Waals surface area contributed by atoms with Crippen molar-refractivity contribution >= 4 is 23.2 Å². The first-order valence-corrected chi connectivity index (χ1v) is 8.87. The fourth-order valence-corrected chi connectivity index (χ4v) is 4.10. The molecule has 0 N–H and O–H groups in total. The number of benzene rings is 1. The van der Waals surface area contributed by atoms with Crippen LogP contribution >= 0.6 is 23.2 Å². The van der Waals surface area contributed by atoms with Crippen molar-refractivity contribution in [2.75, 3.05) is 0 Å². The fraction of sp³-hybridized carbons (Fsp3) is 0.667. The summed E-state index contributed by atoms with van der Waals surface area (Å²) in [6.45, 7) is 10.4. The SMILES string of the molecule is CC[C@H](c1ccc(Cl)c(Cl)c1)[C@H]1O[C@@H]2OC(C)(C)O[C@@H]2C1(C)C. The molecule has 2 aliphatic rings. The van der Waals surface area contributed by atoms with Crippen molar-refractivity contribution in [3.8, 4) is 0 Å². The molecule has 2 saturated heterocycles. The third kappa shape index (κ3) is 3.03. The van der Waals surface area contributed by atoms with E-state index < -0.39 is 5.79 Å². The van der Waals surface area contributed by atoms with Gasteiger partial charge in [-0.1, -0.05) is 50.0 Å². The van der Waals surface area contributed by atoms with Crippen molar-refractivity contribution in [1.82, 2.24) is 0 Å². The molecule has 3 rings (SSSR count). The maximum absolute atomic E-state index is 6.29. The quantitative estimate of drug-likeness (QED) is 0.724. The second kappa shape index (κ2) is 5.89. The first-order valence-electron chi connectivity index (χ1n) is 8.12. The van der Waals surface area contributed by atoms with Crippen LogP contribution in [0.15, 0.2) is 18.2 Å². The number of fused-ring (bicyclic) bond motifs is 1. The van der Waals surface area contributed by atoms with E-state index >= 15 is 0 Å². The van der Waals surface area contributed by atoms with Crippen LogP contribution in [0.5, 0.6) is 0 Å². The maximum atomic E-state index is 6.29. The van der Waals surface area contributed by atoms with Crippen molar-refractivity contribution in [3.05, 3.63) is 33.8 Å². The first kappa shape index (κ1) is 17.5. The fourth-order valence-electron chi connectivity index (χ4n) is 3.80. The molecule has 2 aliphatic heterocycles. The molecule has 23 heavy (non-hydrogen) atoms. The summed E-state index contributed by atoms with van der Waals surface area (Å²) in [4.78, 5) is 0. The van der Waals surface area contributed by atoms with Crippen LogP contribution in [0.2, 0.25) is 10.0 Å². The molecule has 128 valence electrons. The van der Waals surface area contributed by atoms with Crippen LogP contribution in [0.1, 0.15) is 52.5 Å². The van der Waals surface area contributed by atoms with Crippen molar-refractivity contribution in [3.63, 3.8) is 0 Å². The summed E-state index contributed by atoms with van der Waals surface area (Å²) in [5.74, 6) is -0.385. The number of hydrogen-bond donors (Lipinski definition) is 0. The second-order valence-corrected chi connectivity index (χ2v) is 8.31. The van der Waals surface area contributed by atoms with Gasteiger partial charge in [-0.05, 0) is 38.0 Å². The summed E-state index contributed by atoms with van der Waals surface area (Å²) >= 11 is 12.3. The van der Waals surface area contributed by atoms with E-state index in [1.807, 2.05) is 32.0 Å². The summed E-state index contributed by atoms with van der Waals surface area (Å²) in [5.41, 5.74) is 0.977. The molecule has 3 nitrogen and oxygen atoms in total. The molecule has 0 unspecified atom stereocenters. The highest BCUT2D eigenvalue weighted by Crippen LogP contribution is 2.52. The van der Waals surface area contributed by atoms with Gasteiger partial charge in [-0.2, -0.15) is 0 Å². The Kier molecular flexibility index (Phi) is 4.48. The molecule has 1 aromatic rings. The molecular formula is C18H24Cl2O3. The normalized spacial score (nSPS) is 32.7. The lowest BCUT2D eigenvalue weighted by atomic mass is 9.74. The van der Waals surface area contributed by atoms with Crippen molar-refractivity contribution < 1.29 is 14.2 Å². The zero-order chi connectivity index (χ0) is 17.0. The molecule has 2 fully saturated rings. The van der Waals surface area contributed by atoms with Gasteiger partial charge in [-0.15, -0.1) is 0 Å². The highest BCUT2D eigenvalue weighted by molar-refractivity contribution is 6.42. The molecule has 0 saturated carbocycles. The number of ether oxygens (including phenoxy) is 3. The summed E-state index contributed by atoms with van der Waals surface area (Å²) < 4.78 is 18.3. The van der Waals surface area contributed by atoms with E-state index in [1.165, 1.54) is 0 Å². The molecule has 0 radical (unpaired) electrons. The zero-order valence-electron chi connectivity index (χ0n) is 14.2. The van der Waals surface area contributed by atoms with Gasteiger partial charge in [0.15, 0.2) is 12.1 Å². The number of rotatable bonds is 3. The summed E-state index contributed by atoms with van der Waals surface area (Å²) in [6.07, 6.45) is 0.548. The van der Waals surface area contributed by atoms with Crippen LogP contribution in [-0.4, -0.2) is 24.3 Å². The summed E-state index contributed by atoms with van der Waals surface area (Å²) in [6, 6.07) is 5.82. The van der Waals surface area contributed by atoms with Gasteiger partial charge in [0, 0.05) is 11.3 Å². The first-order chi connectivity index (χ1) is 10.7. The van der Waals surface area contributed by atoms with Crippen LogP contribution in [0.4, 0.5) is 0 Å². The third-order valence-electron chi connectivity index (χ3n) is 4.98. The van der Waals surface area contributed by atoms with E-state index in [1.54, 1.807) is 0 Å². The molecule has 4 atom stereocenters. The predicted molar refractivity (Wildman–Crippen MR) is 92.0 cm³/mol. The lowest BCUT2D eigenvalue weighted by Crippen LogP contribution is -2.40. The largest absolute Gasteiger partial charge is 0.345 e. The van der Waals surface area contributed by atoms with Gasteiger partial charge in [0.25, 0.3) is 0 Å². The molecule has 0 spiro atoms. The van der Waals surface area contributed by atoms with Crippen LogP contribution in [0.3, 0.4) is 0 Å². The number of halogens is 2.